The maximum atomic E-state index is 12.4. The van der Waals surface area contributed by atoms with Gasteiger partial charge in [0.05, 0.1) is 12.1 Å². The summed E-state index contributed by atoms with van der Waals surface area (Å²) >= 11 is 0. The number of nitrogens with zero attached hydrogens (tertiary/aromatic N) is 2. The lowest BCUT2D eigenvalue weighted by molar-refractivity contribution is -0.0519. The molecule has 7 heteroatoms. The van der Waals surface area contributed by atoms with Crippen molar-refractivity contribution in [1.29, 1.82) is 0 Å². The molecule has 0 bridgehead atoms. The molecule has 1 heterocycles. The van der Waals surface area contributed by atoms with Gasteiger partial charge in [0.2, 0.25) is 0 Å². The Labute approximate surface area is 127 Å². The Morgan fingerprint density at radius 3 is 2.27 bits per heavy atom. The van der Waals surface area contributed by atoms with Crippen molar-refractivity contribution in [1.82, 2.24) is 9.97 Å². The first-order chi connectivity index (χ1) is 10.5. The summed E-state index contributed by atoms with van der Waals surface area (Å²) in [6, 6.07) is 4.14. The van der Waals surface area contributed by atoms with E-state index in [-0.39, 0.29) is 17.6 Å². The van der Waals surface area contributed by atoms with Crippen molar-refractivity contribution < 1.29 is 18.3 Å². The molecule has 0 amide bonds. The predicted octanol–water partition coefficient (Wildman–Crippen LogP) is 2.91. The number of rotatable bonds is 6. The van der Waals surface area contributed by atoms with Crippen LogP contribution >= 0.6 is 0 Å². The lowest BCUT2D eigenvalue weighted by Gasteiger charge is -2.18. The van der Waals surface area contributed by atoms with E-state index < -0.39 is 12.7 Å². The number of alkyl halides is 2. The van der Waals surface area contributed by atoms with Gasteiger partial charge in [-0.2, -0.15) is 8.78 Å². The Kier molecular flexibility index (Phi) is 5.21. The van der Waals surface area contributed by atoms with Crippen molar-refractivity contribution in [2.45, 2.75) is 32.6 Å². The standard InChI is InChI=1S/C15H17F2N3O2/c1-9(2)21-13-5-10(3-4-12(13)22-15(16)17)14(18)11-6-19-8-20-7-11/h3-9,14-15H,18H2,1-2H3. The lowest BCUT2D eigenvalue weighted by atomic mass is 10.0. The van der Waals surface area contributed by atoms with Crippen LogP contribution in [0.4, 0.5) is 8.78 Å². The maximum Gasteiger partial charge on any atom is 0.387 e. The first kappa shape index (κ1) is 16.1. The number of aromatic nitrogens is 2. The Bertz CT molecular complexity index is 609. The van der Waals surface area contributed by atoms with Crippen LogP contribution in [0, 0.1) is 0 Å². The molecule has 22 heavy (non-hydrogen) atoms. The molecule has 1 aromatic carbocycles. The van der Waals surface area contributed by atoms with Crippen molar-refractivity contribution in [3.8, 4) is 11.5 Å². The fraction of sp³-hybridized carbons (Fsp3) is 0.333. The van der Waals surface area contributed by atoms with E-state index in [0.717, 1.165) is 0 Å². The number of halogens is 2. The first-order valence-electron chi connectivity index (χ1n) is 6.73. The third-order valence-corrected chi connectivity index (χ3v) is 2.85. The van der Waals surface area contributed by atoms with Crippen molar-refractivity contribution in [3.63, 3.8) is 0 Å². The van der Waals surface area contributed by atoms with Gasteiger partial charge < -0.3 is 15.2 Å². The highest BCUT2D eigenvalue weighted by Crippen LogP contribution is 2.33. The van der Waals surface area contributed by atoms with Gasteiger partial charge in [-0.1, -0.05) is 6.07 Å². The van der Waals surface area contributed by atoms with Crippen LogP contribution in [-0.4, -0.2) is 22.7 Å². The Morgan fingerprint density at radius 2 is 1.68 bits per heavy atom. The van der Waals surface area contributed by atoms with E-state index in [1.165, 1.54) is 12.4 Å². The van der Waals surface area contributed by atoms with E-state index in [0.29, 0.717) is 11.1 Å². The first-order valence-corrected chi connectivity index (χ1v) is 6.73. The van der Waals surface area contributed by atoms with Gasteiger partial charge in [-0.3, -0.25) is 0 Å². The zero-order chi connectivity index (χ0) is 16.1. The van der Waals surface area contributed by atoms with Gasteiger partial charge in [-0.15, -0.1) is 0 Å². The second-order valence-corrected chi connectivity index (χ2v) is 4.90. The summed E-state index contributed by atoms with van der Waals surface area (Å²) < 4.78 is 34.9. The van der Waals surface area contributed by atoms with Crippen LogP contribution in [0.15, 0.2) is 36.9 Å². The summed E-state index contributed by atoms with van der Waals surface area (Å²) in [6.07, 6.45) is 4.42. The highest BCUT2D eigenvalue weighted by atomic mass is 19.3. The zero-order valence-corrected chi connectivity index (χ0v) is 12.2. The average molecular weight is 309 g/mol. The molecule has 0 aliphatic carbocycles. The van der Waals surface area contributed by atoms with Crippen molar-refractivity contribution in [3.05, 3.63) is 48.0 Å². The van der Waals surface area contributed by atoms with Gasteiger partial charge in [0.25, 0.3) is 0 Å². The van der Waals surface area contributed by atoms with E-state index in [4.69, 9.17) is 10.5 Å². The van der Waals surface area contributed by atoms with Gasteiger partial charge in [0.1, 0.15) is 6.33 Å². The smallest absolute Gasteiger partial charge is 0.387 e. The summed E-state index contributed by atoms with van der Waals surface area (Å²) in [4.78, 5) is 7.83. The normalized spacial score (nSPS) is 12.5. The number of ether oxygens (including phenoxy) is 2. The predicted molar refractivity (Wildman–Crippen MR) is 76.9 cm³/mol. The minimum atomic E-state index is -2.92. The van der Waals surface area contributed by atoms with Crippen LogP contribution < -0.4 is 15.2 Å². The molecule has 0 aliphatic rings. The molecule has 0 saturated carbocycles. The molecular formula is C15H17F2N3O2. The van der Waals surface area contributed by atoms with Crippen LogP contribution in [0.2, 0.25) is 0 Å². The van der Waals surface area contributed by atoms with Crippen molar-refractivity contribution in [2.75, 3.05) is 0 Å². The molecule has 0 aliphatic heterocycles. The van der Waals surface area contributed by atoms with Gasteiger partial charge in [0.15, 0.2) is 11.5 Å². The third kappa shape index (κ3) is 4.11. The SMILES string of the molecule is CC(C)Oc1cc(C(N)c2cncnc2)ccc1OC(F)F. The van der Waals surface area contributed by atoms with Gasteiger partial charge in [0, 0.05) is 18.0 Å². The third-order valence-electron chi connectivity index (χ3n) is 2.85. The van der Waals surface area contributed by atoms with Gasteiger partial charge in [-0.25, -0.2) is 9.97 Å². The molecule has 1 aromatic heterocycles. The minimum Gasteiger partial charge on any atom is -0.487 e. The van der Waals surface area contributed by atoms with Crippen LogP contribution in [-0.2, 0) is 0 Å². The van der Waals surface area contributed by atoms with Crippen LogP contribution in [0.5, 0.6) is 11.5 Å². The molecule has 0 saturated heterocycles. The Morgan fingerprint density at radius 1 is 1.00 bits per heavy atom. The molecule has 0 fully saturated rings. The topological polar surface area (TPSA) is 70.3 Å². The second-order valence-electron chi connectivity index (χ2n) is 4.90. The largest absolute Gasteiger partial charge is 0.487 e. The van der Waals surface area contributed by atoms with Crippen molar-refractivity contribution in [2.24, 2.45) is 5.73 Å². The van der Waals surface area contributed by atoms with Crippen LogP contribution in [0.1, 0.15) is 31.0 Å². The monoisotopic (exact) mass is 309 g/mol. The molecule has 0 radical (unpaired) electrons. The van der Waals surface area contributed by atoms with E-state index in [1.54, 1.807) is 38.4 Å². The molecule has 118 valence electrons. The Hall–Kier alpha value is -2.28. The van der Waals surface area contributed by atoms with E-state index in [9.17, 15) is 8.78 Å². The molecule has 1 unspecified atom stereocenters. The summed E-state index contributed by atoms with van der Waals surface area (Å²) in [5, 5.41) is 0. The number of nitrogens with two attached hydrogens (primary N) is 1. The number of hydrogen-bond acceptors (Lipinski definition) is 5. The minimum absolute atomic E-state index is 0.0241. The molecule has 5 nitrogen and oxygen atoms in total. The molecular weight excluding hydrogens is 292 g/mol. The highest BCUT2D eigenvalue weighted by Gasteiger charge is 2.16. The maximum absolute atomic E-state index is 12.4. The van der Waals surface area contributed by atoms with Crippen molar-refractivity contribution >= 4 is 0 Å². The summed E-state index contributed by atoms with van der Waals surface area (Å²) in [5.41, 5.74) is 7.54. The molecule has 2 N–H and O–H groups in total. The van der Waals surface area contributed by atoms with Gasteiger partial charge >= 0.3 is 6.61 Å². The quantitative estimate of drug-likeness (QED) is 0.888. The summed E-state index contributed by atoms with van der Waals surface area (Å²) in [6.45, 7) is 0.671. The molecule has 2 rings (SSSR count). The lowest BCUT2D eigenvalue weighted by Crippen LogP contribution is -2.14. The second kappa shape index (κ2) is 7.13. The average Bonchev–Trinajstić information content (AvgIpc) is 2.48. The fourth-order valence-electron chi connectivity index (χ4n) is 1.92. The molecule has 2 aromatic rings. The van der Waals surface area contributed by atoms with Gasteiger partial charge in [-0.05, 0) is 31.5 Å². The summed E-state index contributed by atoms with van der Waals surface area (Å²) in [5.74, 6) is 0.198. The van der Waals surface area contributed by atoms with Crippen LogP contribution in [0.3, 0.4) is 0 Å². The highest BCUT2D eigenvalue weighted by molar-refractivity contribution is 5.45. The van der Waals surface area contributed by atoms with E-state index in [1.807, 2.05) is 0 Å². The zero-order valence-electron chi connectivity index (χ0n) is 12.2. The van der Waals surface area contributed by atoms with Crippen LogP contribution in [0.25, 0.3) is 0 Å². The van der Waals surface area contributed by atoms with E-state index >= 15 is 0 Å². The van der Waals surface area contributed by atoms with E-state index in [2.05, 4.69) is 14.7 Å². The molecule has 1 atom stereocenters. The summed E-state index contributed by atoms with van der Waals surface area (Å²) in [7, 11) is 0. The number of benzene rings is 1. The molecule has 0 spiro atoms. The number of hydrogen-bond donors (Lipinski definition) is 1. The Balaban J connectivity index is 2.33. The fourth-order valence-corrected chi connectivity index (χ4v) is 1.92.